The van der Waals surface area contributed by atoms with E-state index in [1.165, 1.54) is 57.8 Å². The second kappa shape index (κ2) is 12.5. The lowest BCUT2D eigenvalue weighted by Gasteiger charge is -2.57. The van der Waals surface area contributed by atoms with Crippen LogP contribution in [0.25, 0.3) is 0 Å². The maximum absolute atomic E-state index is 12.4. The second-order valence-electron chi connectivity index (χ2n) is 19.8. The quantitative estimate of drug-likeness (QED) is 0.131. The smallest absolute Gasteiger partial charge is 0.164 e. The molecule has 0 radical (unpaired) electrons. The van der Waals surface area contributed by atoms with Crippen LogP contribution in [0.15, 0.2) is 11.6 Å². The first-order valence-corrected chi connectivity index (χ1v) is 20.2. The van der Waals surface area contributed by atoms with Crippen molar-refractivity contribution < 1.29 is 35.1 Å². The molecule has 0 aromatic heterocycles. The standard InChI is InChI=1S/C21H32O3.C21H32O2.H2O2/c1-12(22)21-18(24-21)10-17-16-5-4-13-11-19(2,23)8-6-14(13)15(16)7-9-20(17,21)3;1-13(22)18-6-7-19-17-5-4-14-12-20(2,23)10-8-15(14)16(17)9-11-21(18,19)3;1-2/h13-18,23H,4-11H2,1-3H3;6,14-17,19,23H,4-5,7-12H2,1-3H3;1-2H/t13-,14+,15-,16-,17+,18-,19-,20+,21-;14-,15+,16-,17-,19+,20-,21-;/m11./s1. The van der Waals surface area contributed by atoms with Crippen LogP contribution in [0, 0.1) is 70.0 Å². The van der Waals surface area contributed by atoms with E-state index in [0.717, 1.165) is 97.9 Å². The Hall–Kier alpha value is -1.12. The molecule has 7 nitrogen and oxygen atoms in total. The molecule has 1 aliphatic heterocycles. The first-order valence-electron chi connectivity index (χ1n) is 20.2. The van der Waals surface area contributed by atoms with E-state index < -0.39 is 16.8 Å². The highest BCUT2D eigenvalue weighted by Crippen LogP contribution is 2.72. The highest BCUT2D eigenvalue weighted by molar-refractivity contribution is 5.95. The number of aliphatic hydroxyl groups is 2. The molecule has 7 saturated carbocycles. The number of carbonyl (C=O) groups excluding carboxylic acids is 2. The van der Waals surface area contributed by atoms with Gasteiger partial charge in [0.1, 0.15) is 0 Å². The van der Waals surface area contributed by atoms with Gasteiger partial charge >= 0.3 is 0 Å². The van der Waals surface area contributed by atoms with Gasteiger partial charge in [-0.15, -0.1) is 0 Å². The molecule has 0 bridgehead atoms. The summed E-state index contributed by atoms with van der Waals surface area (Å²) in [5, 5.41) is 32.9. The first kappa shape index (κ1) is 36.2. The van der Waals surface area contributed by atoms with Crippen LogP contribution in [0.5, 0.6) is 0 Å². The number of hydrogen-bond acceptors (Lipinski definition) is 7. The van der Waals surface area contributed by atoms with Gasteiger partial charge in [-0.05, 0) is 201 Å². The molecule has 0 aromatic carbocycles. The van der Waals surface area contributed by atoms with Gasteiger partial charge in [0, 0.05) is 5.41 Å². The van der Waals surface area contributed by atoms with E-state index in [2.05, 4.69) is 19.9 Å². The molecule has 276 valence electrons. The van der Waals surface area contributed by atoms with Crippen molar-refractivity contribution in [1.82, 2.24) is 0 Å². The van der Waals surface area contributed by atoms with E-state index >= 15 is 0 Å². The van der Waals surface area contributed by atoms with Crippen LogP contribution in [-0.2, 0) is 14.3 Å². The second-order valence-corrected chi connectivity index (χ2v) is 19.8. The summed E-state index contributed by atoms with van der Waals surface area (Å²) in [4.78, 5) is 24.4. The lowest BCUT2D eigenvalue weighted by molar-refractivity contribution is -0.176. The normalized spacial score (nSPS) is 54.7. The average molecular weight is 683 g/mol. The largest absolute Gasteiger partial charge is 0.390 e. The van der Waals surface area contributed by atoms with Crippen molar-refractivity contribution in [2.75, 3.05) is 0 Å². The van der Waals surface area contributed by atoms with Crippen LogP contribution in [0.4, 0.5) is 0 Å². The number of rotatable bonds is 2. The molecule has 0 aromatic rings. The van der Waals surface area contributed by atoms with Gasteiger partial charge in [0.2, 0.25) is 0 Å². The zero-order valence-electron chi connectivity index (χ0n) is 31.3. The molecule has 0 amide bonds. The van der Waals surface area contributed by atoms with E-state index in [1.54, 1.807) is 13.8 Å². The highest BCUT2D eigenvalue weighted by atomic mass is 17.0. The van der Waals surface area contributed by atoms with Crippen molar-refractivity contribution >= 4 is 11.6 Å². The zero-order valence-corrected chi connectivity index (χ0v) is 31.3. The summed E-state index contributed by atoms with van der Waals surface area (Å²) in [6.45, 7) is 12.3. The topological polar surface area (TPSA) is 128 Å². The number of epoxide rings is 1. The van der Waals surface area contributed by atoms with Crippen molar-refractivity contribution in [3.63, 3.8) is 0 Å². The summed E-state index contributed by atoms with van der Waals surface area (Å²) in [7, 11) is 0. The number of allylic oxidation sites excluding steroid dienone is 2. The maximum atomic E-state index is 12.4. The Morgan fingerprint density at radius 1 is 0.673 bits per heavy atom. The minimum atomic E-state index is -0.432. The Morgan fingerprint density at radius 2 is 1.18 bits per heavy atom. The maximum Gasteiger partial charge on any atom is 0.164 e. The summed E-state index contributed by atoms with van der Waals surface area (Å²) < 4.78 is 6.01. The van der Waals surface area contributed by atoms with Gasteiger partial charge in [0.05, 0.1) is 17.3 Å². The SMILES string of the molecule is CC(=O)C1=CC[C@H]2[C@@H]3CC[C@@H]4C[C@](C)(O)CC[C@@H]4[C@H]3CC[C@]12C.CC(=O)[C@@]12O[C@@H]1C[C@H]1[C@@H]3CC[C@@H]4C[C@](C)(O)CC[C@@H]4[C@H]3CC[C@@]12C.OO. The molecule has 9 aliphatic rings. The van der Waals surface area contributed by atoms with Gasteiger partial charge < -0.3 is 14.9 Å². The van der Waals surface area contributed by atoms with Crippen LogP contribution in [0.1, 0.15) is 144 Å². The Labute approximate surface area is 295 Å². The van der Waals surface area contributed by atoms with E-state index in [4.69, 9.17) is 15.3 Å². The number of Topliss-reactive ketones (excluding diaryl/α,β-unsaturated/α-hetero) is 2. The fourth-order valence-electron chi connectivity index (χ4n) is 15.3. The van der Waals surface area contributed by atoms with E-state index in [0.29, 0.717) is 17.6 Å². The fourth-order valence-corrected chi connectivity index (χ4v) is 15.3. The van der Waals surface area contributed by atoms with Crippen molar-refractivity contribution in [3.05, 3.63) is 11.6 Å². The minimum absolute atomic E-state index is 0.0810. The molecule has 1 heterocycles. The Bertz CT molecular complexity index is 1340. The van der Waals surface area contributed by atoms with Crippen LogP contribution >= 0.6 is 0 Å². The van der Waals surface area contributed by atoms with Crippen molar-refractivity contribution in [1.29, 1.82) is 0 Å². The predicted molar refractivity (Wildman–Crippen MR) is 189 cm³/mol. The third kappa shape index (κ3) is 5.60. The molecule has 0 unspecified atom stereocenters. The fraction of sp³-hybridized carbons (Fsp3) is 0.905. The van der Waals surface area contributed by atoms with Gasteiger partial charge in [0.15, 0.2) is 17.2 Å². The lowest BCUT2D eigenvalue weighted by atomic mass is 9.48. The monoisotopic (exact) mass is 682 g/mol. The van der Waals surface area contributed by atoms with Gasteiger partial charge in [-0.2, -0.15) is 0 Å². The lowest BCUT2D eigenvalue weighted by Crippen LogP contribution is -2.54. The molecule has 8 aliphatic carbocycles. The van der Waals surface area contributed by atoms with Crippen LogP contribution in [0.3, 0.4) is 0 Å². The summed E-state index contributed by atoms with van der Waals surface area (Å²) in [6.07, 6.45) is 21.3. The van der Waals surface area contributed by atoms with Crippen molar-refractivity contribution in [3.8, 4) is 0 Å². The first-order chi connectivity index (χ1) is 23.1. The van der Waals surface area contributed by atoms with E-state index in [1.807, 2.05) is 13.8 Å². The van der Waals surface area contributed by atoms with Crippen LogP contribution in [0.2, 0.25) is 0 Å². The molecule has 4 N–H and O–H groups in total. The minimum Gasteiger partial charge on any atom is -0.390 e. The summed E-state index contributed by atoms with van der Waals surface area (Å²) in [5.74, 6) is 8.37. The van der Waals surface area contributed by atoms with Crippen molar-refractivity contribution in [2.24, 2.45) is 70.0 Å². The number of fused-ring (bicyclic) bond motifs is 12. The number of ketones is 2. The number of hydrogen-bond donors (Lipinski definition) is 4. The number of carbonyl (C=O) groups is 2. The van der Waals surface area contributed by atoms with Gasteiger partial charge in [-0.1, -0.05) is 19.9 Å². The predicted octanol–water partition coefficient (Wildman–Crippen LogP) is 8.26. The third-order valence-electron chi connectivity index (χ3n) is 17.4. The Kier molecular flexibility index (Phi) is 9.24. The summed E-state index contributed by atoms with van der Waals surface area (Å²) in [6, 6.07) is 0. The summed E-state index contributed by atoms with van der Waals surface area (Å²) in [5.41, 5.74) is 0.0922. The van der Waals surface area contributed by atoms with Crippen molar-refractivity contribution in [2.45, 2.75) is 167 Å². The van der Waals surface area contributed by atoms with Gasteiger partial charge in [-0.25, -0.2) is 0 Å². The molecular formula is C42H66O7. The van der Waals surface area contributed by atoms with Crippen LogP contribution in [-0.4, -0.2) is 55.2 Å². The molecular weight excluding hydrogens is 616 g/mol. The van der Waals surface area contributed by atoms with Gasteiger partial charge in [0.25, 0.3) is 0 Å². The molecule has 9 rings (SSSR count). The molecule has 7 heteroatoms. The number of ether oxygens (including phenoxy) is 1. The molecule has 49 heavy (non-hydrogen) atoms. The third-order valence-corrected chi connectivity index (χ3v) is 17.4. The average Bonchev–Trinajstić information content (AvgIpc) is 3.59. The van der Waals surface area contributed by atoms with Crippen LogP contribution < -0.4 is 0 Å². The Balaban J connectivity index is 0.000000147. The Morgan fingerprint density at radius 3 is 1.71 bits per heavy atom. The zero-order chi connectivity index (χ0) is 35.3. The molecule has 1 saturated heterocycles. The molecule has 16 atom stereocenters. The highest BCUT2D eigenvalue weighted by Gasteiger charge is 2.79. The molecule has 8 fully saturated rings. The van der Waals surface area contributed by atoms with E-state index in [9.17, 15) is 19.8 Å². The van der Waals surface area contributed by atoms with E-state index in [-0.39, 0.29) is 22.7 Å². The molecule has 0 spiro atoms. The summed E-state index contributed by atoms with van der Waals surface area (Å²) >= 11 is 0. The van der Waals surface area contributed by atoms with Gasteiger partial charge in [-0.3, -0.25) is 20.1 Å².